The largest absolute Gasteiger partial charge is 0.425 e. The summed E-state index contributed by atoms with van der Waals surface area (Å²) in [4.78, 5) is 3.97. The molecule has 2 aromatic carbocycles. The van der Waals surface area contributed by atoms with Crippen LogP contribution in [0.5, 0.6) is 0 Å². The Morgan fingerprint density at radius 2 is 1.73 bits per heavy atom. The lowest BCUT2D eigenvalue weighted by atomic mass is 9.85. The normalized spacial score (nSPS) is 14.5. The number of hydrogen-bond acceptors (Lipinski definition) is 5. The van der Waals surface area contributed by atoms with E-state index in [4.69, 9.17) is 0 Å². The molecule has 8 nitrogen and oxygen atoms in total. The summed E-state index contributed by atoms with van der Waals surface area (Å²) in [5, 5.41) is 15.7. The van der Waals surface area contributed by atoms with Crippen LogP contribution < -0.4 is 0 Å². The molecule has 13 heteroatoms. The standard InChI is InChI=1S/C24H19F4N5O3S/c1-31(2)37(35,36)32-14-20(19-4-3-11-29-22(19)32)23(34,24(26,27)28)16-5-10-21-15(12-16)13-30-33(21)18-8-6-17(25)7-9-18/h3-14,34H,1-2H3. The summed E-state index contributed by atoms with van der Waals surface area (Å²) in [6, 6.07) is 11.6. The van der Waals surface area contributed by atoms with Gasteiger partial charge in [-0.25, -0.2) is 18.0 Å². The fourth-order valence-corrected chi connectivity index (χ4v) is 5.14. The summed E-state index contributed by atoms with van der Waals surface area (Å²) in [7, 11) is -1.81. The van der Waals surface area contributed by atoms with E-state index >= 15 is 0 Å². The molecule has 0 aliphatic carbocycles. The maximum absolute atomic E-state index is 14.7. The maximum Gasteiger partial charge on any atom is 0.425 e. The van der Waals surface area contributed by atoms with E-state index in [1.165, 1.54) is 73.6 Å². The summed E-state index contributed by atoms with van der Waals surface area (Å²) in [5.74, 6) is -0.456. The molecular weight excluding hydrogens is 514 g/mol. The van der Waals surface area contributed by atoms with Crippen LogP contribution in [0.25, 0.3) is 27.6 Å². The SMILES string of the molecule is CN(C)S(=O)(=O)n1cc(C(O)(c2ccc3c(cnn3-c3ccc(F)cc3)c2)C(F)(F)F)c2cccnc21. The predicted molar refractivity (Wildman–Crippen MR) is 128 cm³/mol. The zero-order valence-corrected chi connectivity index (χ0v) is 20.2. The number of rotatable bonds is 5. The summed E-state index contributed by atoms with van der Waals surface area (Å²) in [6.45, 7) is 0. The fourth-order valence-electron chi connectivity index (χ4n) is 4.19. The third kappa shape index (κ3) is 3.77. The van der Waals surface area contributed by atoms with Gasteiger partial charge >= 0.3 is 16.4 Å². The van der Waals surface area contributed by atoms with Crippen molar-refractivity contribution in [1.29, 1.82) is 0 Å². The van der Waals surface area contributed by atoms with E-state index in [0.29, 0.717) is 15.2 Å². The van der Waals surface area contributed by atoms with Crippen LogP contribution >= 0.6 is 0 Å². The van der Waals surface area contributed by atoms with Crippen molar-refractivity contribution in [3.63, 3.8) is 0 Å². The Morgan fingerprint density at radius 3 is 2.38 bits per heavy atom. The van der Waals surface area contributed by atoms with Crippen LogP contribution in [-0.4, -0.2) is 56.8 Å². The van der Waals surface area contributed by atoms with E-state index < -0.39 is 38.9 Å². The molecule has 0 radical (unpaired) electrons. The second-order valence-electron chi connectivity index (χ2n) is 8.52. The predicted octanol–water partition coefficient (Wildman–Crippen LogP) is 3.97. The van der Waals surface area contributed by atoms with Crippen LogP contribution in [-0.2, 0) is 15.8 Å². The molecule has 1 N–H and O–H groups in total. The number of aliphatic hydroxyl groups is 1. The number of benzene rings is 2. The van der Waals surface area contributed by atoms with Gasteiger partial charge in [-0.1, -0.05) is 6.07 Å². The Balaban J connectivity index is 1.74. The van der Waals surface area contributed by atoms with Crippen molar-refractivity contribution in [2.24, 2.45) is 0 Å². The lowest BCUT2D eigenvalue weighted by Crippen LogP contribution is -2.43. The number of alkyl halides is 3. The molecule has 0 aliphatic rings. The van der Waals surface area contributed by atoms with Gasteiger partial charge in [-0.3, -0.25) is 0 Å². The van der Waals surface area contributed by atoms with Gasteiger partial charge in [-0.2, -0.15) is 31.0 Å². The summed E-state index contributed by atoms with van der Waals surface area (Å²) in [5.41, 5.74) is -4.19. The van der Waals surface area contributed by atoms with E-state index in [1.54, 1.807) is 0 Å². The molecule has 0 fully saturated rings. The molecule has 1 atom stereocenters. The minimum absolute atomic E-state index is 0.185. The number of hydrogen-bond donors (Lipinski definition) is 1. The van der Waals surface area contributed by atoms with Crippen molar-refractivity contribution in [3.8, 4) is 5.69 Å². The fraction of sp³-hybridized carbons (Fsp3) is 0.167. The first-order chi connectivity index (χ1) is 17.4. The van der Waals surface area contributed by atoms with Gasteiger partial charge in [0.25, 0.3) is 0 Å². The highest BCUT2D eigenvalue weighted by molar-refractivity contribution is 7.87. The topological polar surface area (TPSA) is 93.3 Å². The number of aromatic nitrogens is 4. The van der Waals surface area contributed by atoms with Gasteiger partial charge in [0.05, 0.1) is 17.4 Å². The highest BCUT2D eigenvalue weighted by atomic mass is 32.2. The van der Waals surface area contributed by atoms with E-state index in [-0.39, 0.29) is 16.4 Å². The van der Waals surface area contributed by atoms with Crippen LogP contribution in [0, 0.1) is 5.82 Å². The van der Waals surface area contributed by atoms with Gasteiger partial charge in [0.15, 0.2) is 5.65 Å². The average Bonchev–Trinajstić information content (AvgIpc) is 3.45. The lowest BCUT2D eigenvalue weighted by molar-refractivity contribution is -0.247. The van der Waals surface area contributed by atoms with Gasteiger partial charge in [0.1, 0.15) is 5.82 Å². The average molecular weight is 534 g/mol. The highest BCUT2D eigenvalue weighted by Gasteiger charge is 2.58. The minimum Gasteiger partial charge on any atom is -0.372 e. The van der Waals surface area contributed by atoms with Crippen LogP contribution in [0.2, 0.25) is 0 Å². The molecule has 5 aromatic rings. The van der Waals surface area contributed by atoms with Crippen molar-refractivity contribution in [1.82, 2.24) is 23.0 Å². The molecule has 5 rings (SSSR count). The molecule has 1 unspecified atom stereocenters. The summed E-state index contributed by atoms with van der Waals surface area (Å²) >= 11 is 0. The zero-order chi connectivity index (χ0) is 26.8. The van der Waals surface area contributed by atoms with Crippen LogP contribution in [0.4, 0.5) is 17.6 Å². The van der Waals surface area contributed by atoms with Crippen molar-refractivity contribution in [3.05, 3.63) is 90.1 Å². The molecule has 0 bridgehead atoms. The van der Waals surface area contributed by atoms with Gasteiger partial charge in [0.2, 0.25) is 5.60 Å². The van der Waals surface area contributed by atoms with Crippen LogP contribution in [0.15, 0.2) is 73.2 Å². The van der Waals surface area contributed by atoms with Gasteiger partial charge in [-0.15, -0.1) is 0 Å². The van der Waals surface area contributed by atoms with Crippen molar-refractivity contribution in [2.45, 2.75) is 11.8 Å². The minimum atomic E-state index is -5.25. The second kappa shape index (κ2) is 8.36. The number of nitrogens with zero attached hydrogens (tertiary/aromatic N) is 5. The second-order valence-corrected chi connectivity index (χ2v) is 10.5. The van der Waals surface area contributed by atoms with Crippen molar-refractivity contribution in [2.75, 3.05) is 14.1 Å². The smallest absolute Gasteiger partial charge is 0.372 e. The molecule has 0 saturated carbocycles. The molecule has 0 aliphatic heterocycles. The number of halogens is 4. The lowest BCUT2D eigenvalue weighted by Gasteiger charge is -2.31. The van der Waals surface area contributed by atoms with Crippen LogP contribution in [0.1, 0.15) is 11.1 Å². The monoisotopic (exact) mass is 533 g/mol. The van der Waals surface area contributed by atoms with Gasteiger partial charge in [-0.05, 0) is 54.1 Å². The highest BCUT2D eigenvalue weighted by Crippen LogP contribution is 2.47. The summed E-state index contributed by atoms with van der Waals surface area (Å²) < 4.78 is 85.9. The van der Waals surface area contributed by atoms with Crippen LogP contribution in [0.3, 0.4) is 0 Å². The van der Waals surface area contributed by atoms with E-state index in [2.05, 4.69) is 10.1 Å². The number of pyridine rings is 1. The van der Waals surface area contributed by atoms with Gasteiger partial charge in [0, 0.05) is 42.8 Å². The molecule has 37 heavy (non-hydrogen) atoms. The Kier molecular flexibility index (Phi) is 5.62. The third-order valence-electron chi connectivity index (χ3n) is 6.10. The molecular formula is C24H19F4N5O3S. The van der Waals surface area contributed by atoms with Crippen molar-refractivity contribution >= 4 is 32.1 Å². The molecule has 0 amide bonds. The first kappa shape index (κ1) is 24.9. The maximum atomic E-state index is 14.7. The van der Waals surface area contributed by atoms with Crippen molar-refractivity contribution < 1.29 is 31.1 Å². The van der Waals surface area contributed by atoms with E-state index in [9.17, 15) is 31.1 Å². The Morgan fingerprint density at radius 1 is 1.03 bits per heavy atom. The quantitative estimate of drug-likeness (QED) is 0.345. The summed E-state index contributed by atoms with van der Waals surface area (Å²) in [6.07, 6.45) is -1.94. The van der Waals surface area contributed by atoms with E-state index in [0.717, 1.165) is 22.6 Å². The molecule has 3 heterocycles. The molecule has 3 aromatic heterocycles. The molecule has 0 spiro atoms. The Labute approximate surface area is 208 Å². The Bertz CT molecular complexity index is 1740. The zero-order valence-electron chi connectivity index (χ0n) is 19.3. The first-order valence-electron chi connectivity index (χ1n) is 10.8. The number of fused-ring (bicyclic) bond motifs is 2. The molecule has 0 saturated heterocycles. The molecule has 192 valence electrons. The Hall–Kier alpha value is -3.81. The third-order valence-corrected chi connectivity index (χ3v) is 7.80. The first-order valence-corrected chi connectivity index (χ1v) is 12.2. The van der Waals surface area contributed by atoms with Gasteiger partial charge < -0.3 is 5.11 Å². The van der Waals surface area contributed by atoms with E-state index in [1.807, 2.05) is 0 Å².